The first-order valence-corrected chi connectivity index (χ1v) is 9.97. The minimum Gasteiger partial charge on any atom is -0.454 e. The lowest BCUT2D eigenvalue weighted by atomic mass is 10.1. The Kier molecular flexibility index (Phi) is 7.03. The maximum atomic E-state index is 13.2. The number of alkyl halides is 3. The highest BCUT2D eigenvalue weighted by Crippen LogP contribution is 2.37. The van der Waals surface area contributed by atoms with E-state index in [-0.39, 0.29) is 23.5 Å². The predicted octanol–water partition coefficient (Wildman–Crippen LogP) is 2.29. The van der Waals surface area contributed by atoms with Gasteiger partial charge >= 0.3 is 17.8 Å². The minimum absolute atomic E-state index is 0.0384. The molecule has 3 rings (SSSR count). The third-order valence-electron chi connectivity index (χ3n) is 4.89. The van der Waals surface area contributed by atoms with Crippen molar-refractivity contribution in [2.45, 2.75) is 26.2 Å². The number of anilines is 1. The molecule has 0 spiro atoms. The van der Waals surface area contributed by atoms with Gasteiger partial charge in [-0.3, -0.25) is 33.6 Å². The fourth-order valence-electron chi connectivity index (χ4n) is 3.30. The molecule has 2 aromatic carbocycles. The molecule has 0 radical (unpaired) electrons. The van der Waals surface area contributed by atoms with Crippen LogP contribution in [0.1, 0.15) is 12.5 Å². The number of nitrogens with one attached hydrogen (secondary N) is 1. The molecule has 0 bridgehead atoms. The lowest BCUT2D eigenvalue weighted by molar-refractivity contribution is -0.385. The molecule has 0 unspecified atom stereocenters. The number of amides is 1. The van der Waals surface area contributed by atoms with E-state index < -0.39 is 64.3 Å². The number of carbonyl (C=O) groups excluding carboxylic acids is 2. The molecular weight excluding hydrogens is 477 g/mol. The molecule has 1 heterocycles. The molecule has 35 heavy (non-hydrogen) atoms. The van der Waals surface area contributed by atoms with Crippen LogP contribution in [0.2, 0.25) is 0 Å². The van der Waals surface area contributed by atoms with Crippen molar-refractivity contribution in [2.75, 3.05) is 11.9 Å². The maximum absolute atomic E-state index is 13.2. The van der Waals surface area contributed by atoms with Crippen molar-refractivity contribution in [1.29, 1.82) is 0 Å². The summed E-state index contributed by atoms with van der Waals surface area (Å²) in [6.07, 6.45) is -5.00. The van der Waals surface area contributed by atoms with Crippen molar-refractivity contribution in [3.05, 3.63) is 79.0 Å². The third kappa shape index (κ3) is 5.37. The van der Waals surface area contributed by atoms with Gasteiger partial charge in [-0.2, -0.15) is 13.2 Å². The van der Waals surface area contributed by atoms with Crippen LogP contribution >= 0.6 is 0 Å². The van der Waals surface area contributed by atoms with Crippen LogP contribution in [0.25, 0.3) is 10.9 Å². The first kappa shape index (κ1) is 25.1. The zero-order valence-electron chi connectivity index (χ0n) is 18.0. The number of nitro benzene ring substituents is 1. The van der Waals surface area contributed by atoms with Gasteiger partial charge in [0.25, 0.3) is 17.2 Å². The summed E-state index contributed by atoms with van der Waals surface area (Å²) in [6.45, 7) is -0.0554. The summed E-state index contributed by atoms with van der Waals surface area (Å²) in [5.74, 6) is -2.21. The second-order valence-corrected chi connectivity index (χ2v) is 7.13. The predicted molar refractivity (Wildman–Crippen MR) is 116 cm³/mol. The van der Waals surface area contributed by atoms with E-state index in [1.165, 1.54) is 12.1 Å². The standard InChI is InChI=1S/C21H17F3N4O7/c1-2-26-19(31)13-5-3-4-6-16(13)27(20(26)32)10-18(30)35-11-17(29)25-15-8-7-12(28(33)34)9-14(15)21(22,23)24/h3-9H,2,10-11H2,1H3,(H,25,29). The van der Waals surface area contributed by atoms with Crippen molar-refractivity contribution in [3.63, 3.8) is 0 Å². The molecule has 1 amide bonds. The van der Waals surface area contributed by atoms with Crippen LogP contribution in [0.4, 0.5) is 24.5 Å². The summed E-state index contributed by atoms with van der Waals surface area (Å²) in [4.78, 5) is 59.2. The Bertz CT molecular complexity index is 1440. The van der Waals surface area contributed by atoms with Crippen LogP contribution in [0.3, 0.4) is 0 Å². The molecule has 0 saturated heterocycles. The number of fused-ring (bicyclic) bond motifs is 1. The SMILES string of the molecule is CCn1c(=O)c2ccccc2n(CC(=O)OCC(=O)Nc2ccc([N+](=O)[O-])cc2C(F)(F)F)c1=O. The van der Waals surface area contributed by atoms with E-state index in [1.807, 2.05) is 5.32 Å². The molecule has 0 aliphatic heterocycles. The fraction of sp³-hybridized carbons (Fsp3) is 0.238. The first-order valence-electron chi connectivity index (χ1n) is 9.97. The molecule has 0 saturated carbocycles. The van der Waals surface area contributed by atoms with Gasteiger partial charge in [0.15, 0.2) is 6.61 Å². The van der Waals surface area contributed by atoms with E-state index in [9.17, 15) is 42.5 Å². The van der Waals surface area contributed by atoms with E-state index in [1.54, 1.807) is 19.1 Å². The van der Waals surface area contributed by atoms with Crippen LogP contribution in [0.5, 0.6) is 0 Å². The smallest absolute Gasteiger partial charge is 0.418 e. The topological polar surface area (TPSA) is 143 Å². The maximum Gasteiger partial charge on any atom is 0.418 e. The van der Waals surface area contributed by atoms with Crippen molar-refractivity contribution in [2.24, 2.45) is 0 Å². The number of aromatic nitrogens is 2. The normalized spacial score (nSPS) is 11.3. The molecule has 0 aliphatic rings. The second-order valence-electron chi connectivity index (χ2n) is 7.13. The number of hydrogen-bond donors (Lipinski definition) is 1. The summed E-state index contributed by atoms with van der Waals surface area (Å²) in [5.41, 5.74) is -4.20. The van der Waals surface area contributed by atoms with Crippen LogP contribution in [-0.4, -0.2) is 32.5 Å². The van der Waals surface area contributed by atoms with Gasteiger partial charge < -0.3 is 10.1 Å². The van der Waals surface area contributed by atoms with Gasteiger partial charge in [-0.25, -0.2) is 4.79 Å². The number of carbonyl (C=O) groups is 2. The molecule has 0 aliphatic carbocycles. The number of nitrogens with zero attached hydrogens (tertiary/aromatic N) is 3. The van der Waals surface area contributed by atoms with Crippen LogP contribution in [0, 0.1) is 10.1 Å². The quantitative estimate of drug-likeness (QED) is 0.302. The fourth-order valence-corrected chi connectivity index (χ4v) is 3.30. The van der Waals surface area contributed by atoms with E-state index >= 15 is 0 Å². The average Bonchev–Trinajstić information content (AvgIpc) is 2.80. The molecule has 11 nitrogen and oxygen atoms in total. The van der Waals surface area contributed by atoms with Gasteiger partial charge in [0.1, 0.15) is 6.54 Å². The van der Waals surface area contributed by atoms with Crippen LogP contribution < -0.4 is 16.6 Å². The number of rotatable bonds is 7. The summed E-state index contributed by atoms with van der Waals surface area (Å²) in [6, 6.07) is 7.80. The number of hydrogen-bond acceptors (Lipinski definition) is 7. The highest BCUT2D eigenvalue weighted by molar-refractivity contribution is 5.93. The van der Waals surface area contributed by atoms with Crippen molar-refractivity contribution < 1.29 is 32.4 Å². The number of ether oxygens (including phenoxy) is 1. The van der Waals surface area contributed by atoms with E-state index in [4.69, 9.17) is 4.74 Å². The molecule has 0 fully saturated rings. The Labute approximate surface area is 193 Å². The summed E-state index contributed by atoms with van der Waals surface area (Å²) in [7, 11) is 0. The number of non-ortho nitro benzene ring substituents is 1. The molecule has 14 heteroatoms. The van der Waals surface area contributed by atoms with Gasteiger partial charge in [0.05, 0.1) is 27.1 Å². The Morgan fingerprint density at radius 2 is 1.80 bits per heavy atom. The monoisotopic (exact) mass is 494 g/mol. The number of para-hydroxylation sites is 1. The van der Waals surface area contributed by atoms with Crippen molar-refractivity contribution >= 4 is 34.2 Å². The Hall–Kier alpha value is -4.49. The summed E-state index contributed by atoms with van der Waals surface area (Å²) < 4.78 is 46.4. The largest absolute Gasteiger partial charge is 0.454 e. The van der Waals surface area contributed by atoms with E-state index in [0.717, 1.165) is 15.2 Å². The minimum atomic E-state index is -5.00. The number of esters is 1. The van der Waals surface area contributed by atoms with Gasteiger partial charge in [0.2, 0.25) is 0 Å². The van der Waals surface area contributed by atoms with Crippen molar-refractivity contribution in [1.82, 2.24) is 9.13 Å². The second kappa shape index (κ2) is 9.79. The van der Waals surface area contributed by atoms with Gasteiger partial charge in [-0.05, 0) is 25.1 Å². The molecule has 1 N–H and O–H groups in total. The van der Waals surface area contributed by atoms with Gasteiger partial charge in [0, 0.05) is 18.7 Å². The number of nitro groups is 1. The van der Waals surface area contributed by atoms with Gasteiger partial charge in [-0.1, -0.05) is 12.1 Å². The lowest BCUT2D eigenvalue weighted by Crippen LogP contribution is -2.41. The Morgan fingerprint density at radius 1 is 1.11 bits per heavy atom. The molecule has 3 aromatic rings. The lowest BCUT2D eigenvalue weighted by Gasteiger charge is -2.14. The van der Waals surface area contributed by atoms with E-state index in [0.29, 0.717) is 6.07 Å². The van der Waals surface area contributed by atoms with E-state index in [2.05, 4.69) is 0 Å². The number of benzene rings is 2. The zero-order valence-corrected chi connectivity index (χ0v) is 18.0. The first-order chi connectivity index (χ1) is 16.4. The highest BCUT2D eigenvalue weighted by atomic mass is 19.4. The highest BCUT2D eigenvalue weighted by Gasteiger charge is 2.35. The van der Waals surface area contributed by atoms with Gasteiger partial charge in [-0.15, -0.1) is 0 Å². The molecule has 0 atom stereocenters. The number of halogens is 3. The Morgan fingerprint density at radius 3 is 2.43 bits per heavy atom. The molecular formula is C21H17F3N4O7. The molecule has 184 valence electrons. The van der Waals surface area contributed by atoms with Crippen molar-refractivity contribution in [3.8, 4) is 0 Å². The average molecular weight is 494 g/mol. The van der Waals surface area contributed by atoms with Crippen LogP contribution in [0.15, 0.2) is 52.1 Å². The van der Waals surface area contributed by atoms with Crippen LogP contribution in [-0.2, 0) is 33.6 Å². The summed E-state index contributed by atoms with van der Waals surface area (Å²) in [5, 5.41) is 12.8. The summed E-state index contributed by atoms with van der Waals surface area (Å²) >= 11 is 0. The zero-order chi connectivity index (χ0) is 25.9. The Balaban J connectivity index is 1.76. The third-order valence-corrected chi connectivity index (χ3v) is 4.89. The molecule has 1 aromatic heterocycles.